The van der Waals surface area contributed by atoms with Crippen molar-refractivity contribution in [2.45, 2.75) is 24.9 Å². The van der Waals surface area contributed by atoms with Gasteiger partial charge in [0.05, 0.1) is 4.90 Å². The predicted octanol–water partition coefficient (Wildman–Crippen LogP) is 3.44. The standard InChI is InChI=1S/C17H20O2SSi/c1-15-9-11-16(12-10-15)20(18,19)13-14-21(2,3)17-7-5-4-6-8-17/h4-14H,1-3H3/b14-13+. The van der Waals surface area contributed by atoms with Crippen LogP contribution in [0.15, 0.2) is 70.6 Å². The highest BCUT2D eigenvalue weighted by Crippen LogP contribution is 2.15. The topological polar surface area (TPSA) is 34.1 Å². The van der Waals surface area contributed by atoms with E-state index in [4.69, 9.17) is 0 Å². The molecule has 0 atom stereocenters. The molecule has 4 heteroatoms. The van der Waals surface area contributed by atoms with Crippen LogP contribution in [0.2, 0.25) is 13.1 Å². The molecule has 2 aromatic carbocycles. The van der Waals surface area contributed by atoms with Crippen LogP contribution in [0.1, 0.15) is 5.56 Å². The van der Waals surface area contributed by atoms with Gasteiger partial charge >= 0.3 is 0 Å². The molecule has 21 heavy (non-hydrogen) atoms. The fraction of sp³-hybridized carbons (Fsp3) is 0.176. The van der Waals surface area contributed by atoms with Crippen molar-refractivity contribution in [1.82, 2.24) is 0 Å². The van der Waals surface area contributed by atoms with Crippen LogP contribution in [-0.2, 0) is 9.84 Å². The SMILES string of the molecule is Cc1ccc(S(=O)(=O)/C=C/[Si](C)(C)c2ccccc2)cc1. The first-order chi connectivity index (χ1) is 9.81. The molecule has 0 N–H and O–H groups in total. The lowest BCUT2D eigenvalue weighted by Gasteiger charge is -2.18. The van der Waals surface area contributed by atoms with Gasteiger partial charge in [-0.25, -0.2) is 8.42 Å². The second-order valence-electron chi connectivity index (χ2n) is 5.75. The van der Waals surface area contributed by atoms with Crippen LogP contribution in [0.3, 0.4) is 0 Å². The van der Waals surface area contributed by atoms with Gasteiger partial charge in [0.1, 0.15) is 8.07 Å². The highest BCUT2D eigenvalue weighted by atomic mass is 32.2. The number of hydrogen-bond acceptors (Lipinski definition) is 2. The Labute approximate surface area is 128 Å². The average molecular weight is 316 g/mol. The third-order valence-corrected chi connectivity index (χ3v) is 8.02. The molecule has 2 nitrogen and oxygen atoms in total. The van der Waals surface area contributed by atoms with E-state index in [1.165, 1.54) is 10.6 Å². The molecule has 0 unspecified atom stereocenters. The maximum Gasteiger partial charge on any atom is 0.199 e. The molecule has 2 aromatic rings. The van der Waals surface area contributed by atoms with Crippen molar-refractivity contribution in [1.29, 1.82) is 0 Å². The first kappa shape index (κ1) is 15.7. The largest absolute Gasteiger partial charge is 0.219 e. The van der Waals surface area contributed by atoms with Gasteiger partial charge in [-0.3, -0.25) is 0 Å². The maximum atomic E-state index is 12.4. The van der Waals surface area contributed by atoms with Gasteiger partial charge in [-0.1, -0.05) is 72.0 Å². The Kier molecular flexibility index (Phi) is 4.49. The van der Waals surface area contributed by atoms with Crippen molar-refractivity contribution in [3.05, 3.63) is 71.3 Å². The fourth-order valence-corrected chi connectivity index (χ4v) is 6.02. The van der Waals surface area contributed by atoms with Gasteiger partial charge in [-0.05, 0) is 19.1 Å². The second kappa shape index (κ2) is 5.99. The average Bonchev–Trinajstić information content (AvgIpc) is 2.47. The third-order valence-electron chi connectivity index (χ3n) is 3.53. The monoisotopic (exact) mass is 316 g/mol. The van der Waals surface area contributed by atoms with E-state index in [0.717, 1.165) is 5.56 Å². The van der Waals surface area contributed by atoms with Crippen LogP contribution in [0.5, 0.6) is 0 Å². The summed E-state index contributed by atoms with van der Waals surface area (Å²) in [5, 5.41) is 2.59. The van der Waals surface area contributed by atoms with Gasteiger partial charge in [0.25, 0.3) is 0 Å². The van der Waals surface area contributed by atoms with Crippen molar-refractivity contribution in [2.75, 3.05) is 0 Å². The summed E-state index contributed by atoms with van der Waals surface area (Å²) < 4.78 is 24.7. The van der Waals surface area contributed by atoms with E-state index >= 15 is 0 Å². The minimum absolute atomic E-state index is 0.349. The molecule has 0 bridgehead atoms. The third kappa shape index (κ3) is 3.92. The zero-order chi connectivity index (χ0) is 15.5. The Balaban J connectivity index is 2.29. The normalized spacial score (nSPS) is 12.7. The zero-order valence-corrected chi connectivity index (χ0v) is 14.4. The van der Waals surface area contributed by atoms with Crippen molar-refractivity contribution in [2.24, 2.45) is 0 Å². The van der Waals surface area contributed by atoms with Gasteiger partial charge in [0.15, 0.2) is 9.84 Å². The molecule has 0 aliphatic rings. The molecule has 0 aliphatic carbocycles. The minimum Gasteiger partial charge on any atom is -0.219 e. The van der Waals surface area contributed by atoms with Crippen LogP contribution in [0.4, 0.5) is 0 Å². The first-order valence-electron chi connectivity index (χ1n) is 6.88. The summed E-state index contributed by atoms with van der Waals surface area (Å²) in [6.07, 6.45) is 0. The first-order valence-corrected chi connectivity index (χ1v) is 11.5. The van der Waals surface area contributed by atoms with E-state index in [-0.39, 0.29) is 0 Å². The molecule has 0 saturated carbocycles. The molecule has 0 aromatic heterocycles. The summed E-state index contributed by atoms with van der Waals surface area (Å²) >= 11 is 0. The minimum atomic E-state index is -3.36. The Morgan fingerprint density at radius 1 is 0.905 bits per heavy atom. The Morgan fingerprint density at radius 3 is 2.05 bits per heavy atom. The second-order valence-corrected chi connectivity index (χ2v) is 11.9. The van der Waals surface area contributed by atoms with Gasteiger partial charge in [0, 0.05) is 5.41 Å². The van der Waals surface area contributed by atoms with Crippen LogP contribution in [0, 0.1) is 6.92 Å². The molecule has 0 aliphatic heterocycles. The lowest BCUT2D eigenvalue weighted by atomic mass is 10.2. The molecule has 0 spiro atoms. The highest BCUT2D eigenvalue weighted by molar-refractivity contribution is 7.94. The number of sulfone groups is 1. The summed E-state index contributed by atoms with van der Waals surface area (Å²) in [4.78, 5) is 0.349. The van der Waals surface area contributed by atoms with Gasteiger partial charge in [0.2, 0.25) is 0 Å². The molecule has 0 fully saturated rings. The highest BCUT2D eigenvalue weighted by Gasteiger charge is 2.21. The van der Waals surface area contributed by atoms with E-state index in [1.807, 2.05) is 43.0 Å². The smallest absolute Gasteiger partial charge is 0.199 e. The summed E-state index contributed by atoms with van der Waals surface area (Å²) in [7, 11) is -5.26. The van der Waals surface area contributed by atoms with E-state index in [9.17, 15) is 8.42 Å². The molecule has 0 amide bonds. The Morgan fingerprint density at radius 2 is 1.48 bits per heavy atom. The molecular weight excluding hydrogens is 296 g/mol. The Bertz CT molecular complexity index is 730. The van der Waals surface area contributed by atoms with Crippen LogP contribution >= 0.6 is 0 Å². The van der Waals surface area contributed by atoms with Gasteiger partial charge < -0.3 is 0 Å². The number of hydrogen-bond donors (Lipinski definition) is 0. The lowest BCUT2D eigenvalue weighted by Crippen LogP contribution is -2.39. The Hall–Kier alpha value is -1.65. The molecule has 0 heterocycles. The summed E-state index contributed by atoms with van der Waals surface area (Å²) in [5.74, 6) is 0. The van der Waals surface area contributed by atoms with E-state index in [1.54, 1.807) is 12.1 Å². The van der Waals surface area contributed by atoms with Crippen molar-refractivity contribution in [3.8, 4) is 0 Å². The van der Waals surface area contributed by atoms with E-state index < -0.39 is 17.9 Å². The maximum absolute atomic E-state index is 12.4. The van der Waals surface area contributed by atoms with Gasteiger partial charge in [-0.15, -0.1) is 0 Å². The fourth-order valence-electron chi connectivity index (χ4n) is 2.03. The van der Waals surface area contributed by atoms with Crippen molar-refractivity contribution >= 4 is 23.1 Å². The summed E-state index contributed by atoms with van der Waals surface area (Å²) in [6, 6.07) is 17.0. The number of rotatable bonds is 4. The van der Waals surface area contributed by atoms with Crippen molar-refractivity contribution < 1.29 is 8.42 Å². The van der Waals surface area contributed by atoms with E-state index in [0.29, 0.717) is 4.90 Å². The van der Waals surface area contributed by atoms with E-state index in [2.05, 4.69) is 25.2 Å². The molecular formula is C17H20O2SSi. The van der Waals surface area contributed by atoms with Gasteiger partial charge in [-0.2, -0.15) is 0 Å². The number of aryl methyl sites for hydroxylation is 1. The molecule has 110 valence electrons. The summed E-state index contributed by atoms with van der Waals surface area (Å²) in [6.45, 7) is 6.23. The van der Waals surface area contributed by atoms with Crippen LogP contribution < -0.4 is 5.19 Å². The molecule has 2 rings (SSSR count). The summed E-state index contributed by atoms with van der Waals surface area (Å²) in [5.41, 5.74) is 2.94. The molecule has 0 saturated heterocycles. The lowest BCUT2D eigenvalue weighted by molar-refractivity contribution is 0.604. The van der Waals surface area contributed by atoms with Crippen LogP contribution in [-0.4, -0.2) is 16.5 Å². The van der Waals surface area contributed by atoms with Crippen LogP contribution in [0.25, 0.3) is 0 Å². The quantitative estimate of drug-likeness (QED) is 0.810. The predicted molar refractivity (Wildman–Crippen MR) is 91.1 cm³/mol. The zero-order valence-electron chi connectivity index (χ0n) is 12.6. The molecule has 0 radical (unpaired) electrons. The number of benzene rings is 2. The van der Waals surface area contributed by atoms with Crippen molar-refractivity contribution in [3.63, 3.8) is 0 Å².